The second kappa shape index (κ2) is 6.35. The molecule has 16 heavy (non-hydrogen) atoms. The number of ether oxygens (including phenoxy) is 1. The number of carboxylic acids is 1. The normalized spacial score (nSPS) is 20.6. The minimum atomic E-state index is -0.770. The Hall–Kier alpha value is -1.26. The van der Waals surface area contributed by atoms with Crippen LogP contribution in [0.2, 0.25) is 0 Å². The van der Waals surface area contributed by atoms with E-state index in [1.54, 1.807) is 11.8 Å². The third-order valence-electron chi connectivity index (χ3n) is 2.81. The third-order valence-corrected chi connectivity index (χ3v) is 2.81. The molecule has 0 spiro atoms. The Morgan fingerprint density at radius 3 is 2.88 bits per heavy atom. The monoisotopic (exact) mass is 229 g/mol. The molecule has 0 saturated carbocycles. The number of rotatable bonds is 4. The lowest BCUT2D eigenvalue weighted by molar-refractivity contribution is -0.137. The van der Waals surface area contributed by atoms with Crippen molar-refractivity contribution in [2.75, 3.05) is 19.7 Å². The Balaban J connectivity index is 2.34. The first-order valence-electron chi connectivity index (χ1n) is 5.77. The van der Waals surface area contributed by atoms with Crippen LogP contribution in [0.3, 0.4) is 0 Å². The maximum Gasteiger partial charge on any atom is 0.409 e. The van der Waals surface area contributed by atoms with Gasteiger partial charge in [0.05, 0.1) is 6.61 Å². The summed E-state index contributed by atoms with van der Waals surface area (Å²) in [4.78, 5) is 23.6. The molecule has 0 bridgehead atoms. The van der Waals surface area contributed by atoms with Crippen LogP contribution < -0.4 is 0 Å². The SMILES string of the molecule is CCOC(=O)N1CCCC(CCC(=O)O)C1. The van der Waals surface area contributed by atoms with E-state index in [1.165, 1.54) is 0 Å². The predicted molar refractivity (Wildman–Crippen MR) is 58.2 cm³/mol. The van der Waals surface area contributed by atoms with Crippen molar-refractivity contribution in [2.45, 2.75) is 32.6 Å². The molecule has 1 N–H and O–H groups in total. The Bertz CT molecular complexity index is 254. The molecular weight excluding hydrogens is 210 g/mol. The quantitative estimate of drug-likeness (QED) is 0.797. The number of hydrogen-bond acceptors (Lipinski definition) is 3. The maximum atomic E-state index is 11.5. The van der Waals surface area contributed by atoms with Crippen molar-refractivity contribution in [1.82, 2.24) is 4.90 Å². The molecule has 1 amide bonds. The molecule has 1 unspecified atom stereocenters. The molecule has 1 aliphatic rings. The number of likely N-dealkylation sites (tertiary alicyclic amines) is 1. The molecular formula is C11H19NO4. The summed E-state index contributed by atoms with van der Waals surface area (Å²) >= 11 is 0. The van der Waals surface area contributed by atoms with Crippen molar-refractivity contribution in [1.29, 1.82) is 0 Å². The largest absolute Gasteiger partial charge is 0.481 e. The van der Waals surface area contributed by atoms with Gasteiger partial charge >= 0.3 is 12.1 Å². The van der Waals surface area contributed by atoms with Crippen LogP contribution in [0.4, 0.5) is 4.79 Å². The van der Waals surface area contributed by atoms with Crippen LogP contribution in [0, 0.1) is 5.92 Å². The van der Waals surface area contributed by atoms with Crippen molar-refractivity contribution >= 4 is 12.1 Å². The van der Waals surface area contributed by atoms with Gasteiger partial charge in [-0.3, -0.25) is 4.79 Å². The second-order valence-electron chi connectivity index (χ2n) is 4.09. The van der Waals surface area contributed by atoms with Gasteiger partial charge in [0.1, 0.15) is 0 Å². The van der Waals surface area contributed by atoms with Crippen LogP contribution in [0.15, 0.2) is 0 Å². The smallest absolute Gasteiger partial charge is 0.409 e. The highest BCUT2D eigenvalue weighted by Crippen LogP contribution is 2.21. The molecule has 92 valence electrons. The fourth-order valence-electron chi connectivity index (χ4n) is 2.01. The zero-order valence-electron chi connectivity index (χ0n) is 9.65. The first-order chi connectivity index (χ1) is 7.63. The van der Waals surface area contributed by atoms with Gasteiger partial charge in [-0.15, -0.1) is 0 Å². The van der Waals surface area contributed by atoms with E-state index in [4.69, 9.17) is 9.84 Å². The van der Waals surface area contributed by atoms with Gasteiger partial charge in [0.25, 0.3) is 0 Å². The van der Waals surface area contributed by atoms with Gasteiger partial charge in [-0.2, -0.15) is 0 Å². The number of amides is 1. The van der Waals surface area contributed by atoms with Crippen molar-refractivity contribution in [3.8, 4) is 0 Å². The van der Waals surface area contributed by atoms with Gasteiger partial charge in [0.15, 0.2) is 0 Å². The summed E-state index contributed by atoms with van der Waals surface area (Å²) in [5.74, 6) is -0.470. The fraction of sp³-hybridized carbons (Fsp3) is 0.818. The van der Waals surface area contributed by atoms with E-state index >= 15 is 0 Å². The van der Waals surface area contributed by atoms with E-state index in [1.807, 2.05) is 0 Å². The molecule has 1 rings (SSSR count). The summed E-state index contributed by atoms with van der Waals surface area (Å²) < 4.78 is 4.93. The molecule has 1 heterocycles. The first kappa shape index (κ1) is 12.8. The van der Waals surface area contributed by atoms with E-state index < -0.39 is 5.97 Å². The topological polar surface area (TPSA) is 66.8 Å². The average molecular weight is 229 g/mol. The average Bonchev–Trinajstić information content (AvgIpc) is 2.27. The van der Waals surface area contributed by atoms with Crippen LogP contribution in [0.1, 0.15) is 32.6 Å². The molecule has 5 heteroatoms. The summed E-state index contributed by atoms with van der Waals surface area (Å²) in [6.45, 7) is 3.52. The zero-order chi connectivity index (χ0) is 12.0. The number of carbonyl (C=O) groups is 2. The molecule has 1 saturated heterocycles. The van der Waals surface area contributed by atoms with Gasteiger partial charge in [0, 0.05) is 19.5 Å². The number of carboxylic acid groups (broad SMARTS) is 1. The van der Waals surface area contributed by atoms with Crippen LogP contribution in [0.25, 0.3) is 0 Å². The third kappa shape index (κ3) is 4.08. The van der Waals surface area contributed by atoms with Crippen molar-refractivity contribution in [3.63, 3.8) is 0 Å². The van der Waals surface area contributed by atoms with E-state index in [0.717, 1.165) is 19.4 Å². The molecule has 0 radical (unpaired) electrons. The van der Waals surface area contributed by atoms with Crippen molar-refractivity contribution in [3.05, 3.63) is 0 Å². The van der Waals surface area contributed by atoms with Crippen molar-refractivity contribution in [2.24, 2.45) is 5.92 Å². The molecule has 1 atom stereocenters. The highest BCUT2D eigenvalue weighted by Gasteiger charge is 2.24. The summed E-state index contributed by atoms with van der Waals surface area (Å²) in [5.41, 5.74) is 0. The first-order valence-corrected chi connectivity index (χ1v) is 5.77. The Kier molecular flexibility index (Phi) is 5.08. The van der Waals surface area contributed by atoms with Gasteiger partial charge < -0.3 is 14.7 Å². The summed E-state index contributed by atoms with van der Waals surface area (Å²) in [5, 5.41) is 8.60. The predicted octanol–water partition coefficient (Wildman–Crippen LogP) is 1.72. The van der Waals surface area contributed by atoms with Gasteiger partial charge in [-0.05, 0) is 32.1 Å². The minimum Gasteiger partial charge on any atom is -0.481 e. The summed E-state index contributed by atoms with van der Waals surface area (Å²) in [6, 6.07) is 0. The lowest BCUT2D eigenvalue weighted by Crippen LogP contribution is -2.40. The number of piperidine rings is 1. The van der Waals surface area contributed by atoms with Gasteiger partial charge in [-0.1, -0.05) is 0 Å². The Morgan fingerprint density at radius 2 is 2.25 bits per heavy atom. The van der Waals surface area contributed by atoms with Crippen LogP contribution >= 0.6 is 0 Å². The van der Waals surface area contributed by atoms with Crippen molar-refractivity contribution < 1.29 is 19.4 Å². The standard InChI is InChI=1S/C11H19NO4/c1-2-16-11(15)12-7-3-4-9(8-12)5-6-10(13)14/h9H,2-8H2,1H3,(H,13,14). The van der Waals surface area contributed by atoms with Gasteiger partial charge in [-0.25, -0.2) is 4.79 Å². The fourth-order valence-corrected chi connectivity index (χ4v) is 2.01. The van der Waals surface area contributed by atoms with Gasteiger partial charge in [0.2, 0.25) is 0 Å². The van der Waals surface area contributed by atoms with Crippen LogP contribution in [-0.4, -0.2) is 41.8 Å². The lowest BCUT2D eigenvalue weighted by atomic mass is 9.94. The molecule has 1 aliphatic heterocycles. The Morgan fingerprint density at radius 1 is 1.50 bits per heavy atom. The minimum absolute atomic E-state index is 0.182. The second-order valence-corrected chi connectivity index (χ2v) is 4.09. The van der Waals surface area contributed by atoms with E-state index in [2.05, 4.69) is 0 Å². The highest BCUT2D eigenvalue weighted by molar-refractivity contribution is 5.68. The van der Waals surface area contributed by atoms with E-state index in [-0.39, 0.29) is 12.5 Å². The lowest BCUT2D eigenvalue weighted by Gasteiger charge is -2.31. The number of carbonyl (C=O) groups excluding carboxylic acids is 1. The number of hydrogen-bond donors (Lipinski definition) is 1. The number of nitrogens with zero attached hydrogens (tertiary/aromatic N) is 1. The zero-order valence-corrected chi connectivity index (χ0v) is 9.65. The molecule has 0 aromatic carbocycles. The number of aliphatic carboxylic acids is 1. The highest BCUT2D eigenvalue weighted by atomic mass is 16.6. The molecule has 0 aliphatic carbocycles. The molecule has 1 fully saturated rings. The van der Waals surface area contributed by atoms with Crippen LogP contribution in [0.5, 0.6) is 0 Å². The molecule has 5 nitrogen and oxygen atoms in total. The van der Waals surface area contributed by atoms with Crippen LogP contribution in [-0.2, 0) is 9.53 Å². The van der Waals surface area contributed by atoms with E-state index in [9.17, 15) is 9.59 Å². The Labute approximate surface area is 95.4 Å². The molecule has 0 aromatic heterocycles. The maximum absolute atomic E-state index is 11.5. The summed E-state index contributed by atoms with van der Waals surface area (Å²) in [7, 11) is 0. The van der Waals surface area contributed by atoms with E-state index in [0.29, 0.717) is 25.5 Å². The summed E-state index contributed by atoms with van der Waals surface area (Å²) in [6.07, 6.45) is 2.49. The molecule has 0 aromatic rings.